The van der Waals surface area contributed by atoms with Crippen molar-refractivity contribution in [3.63, 3.8) is 0 Å². The summed E-state index contributed by atoms with van der Waals surface area (Å²) in [5.74, 6) is 0.667. The highest BCUT2D eigenvalue weighted by molar-refractivity contribution is 5.77. The molecule has 0 radical (unpaired) electrons. The number of amides is 1. The van der Waals surface area contributed by atoms with Gasteiger partial charge < -0.3 is 9.64 Å². The highest BCUT2D eigenvalue weighted by Gasteiger charge is 2.30. The SMILES string of the molecule is CN(CC1CCC1)C(=O)COc1ccc(C(F)(F)F)cc1. The molecule has 1 aromatic rings. The summed E-state index contributed by atoms with van der Waals surface area (Å²) in [5.41, 5.74) is -0.733. The molecule has 116 valence electrons. The summed E-state index contributed by atoms with van der Waals surface area (Å²) >= 11 is 0. The zero-order chi connectivity index (χ0) is 15.5. The third kappa shape index (κ3) is 4.37. The Bertz CT molecular complexity index is 481. The van der Waals surface area contributed by atoms with E-state index in [0.29, 0.717) is 5.92 Å². The van der Waals surface area contributed by atoms with Crippen LogP contribution in [0.4, 0.5) is 13.2 Å². The number of carbonyl (C=O) groups excluding carboxylic acids is 1. The van der Waals surface area contributed by atoms with Gasteiger partial charge in [0.15, 0.2) is 6.61 Å². The van der Waals surface area contributed by atoms with E-state index in [1.165, 1.54) is 18.6 Å². The van der Waals surface area contributed by atoms with Gasteiger partial charge in [-0.3, -0.25) is 4.79 Å². The minimum absolute atomic E-state index is 0.158. The van der Waals surface area contributed by atoms with Crippen LogP contribution < -0.4 is 4.74 Å². The van der Waals surface area contributed by atoms with E-state index in [4.69, 9.17) is 4.74 Å². The molecule has 0 N–H and O–H groups in total. The summed E-state index contributed by atoms with van der Waals surface area (Å²) in [6.45, 7) is 0.559. The van der Waals surface area contributed by atoms with Crippen molar-refractivity contribution in [1.82, 2.24) is 4.90 Å². The van der Waals surface area contributed by atoms with Gasteiger partial charge in [0.25, 0.3) is 5.91 Å². The Morgan fingerprint density at radius 1 is 1.29 bits per heavy atom. The molecular formula is C15H18F3NO2. The summed E-state index contributed by atoms with van der Waals surface area (Å²) in [6, 6.07) is 4.33. The molecule has 1 fully saturated rings. The van der Waals surface area contributed by atoms with E-state index >= 15 is 0 Å². The Balaban J connectivity index is 1.80. The molecule has 1 aliphatic rings. The Kier molecular flexibility index (Phi) is 4.75. The van der Waals surface area contributed by atoms with Crippen LogP contribution in [0.15, 0.2) is 24.3 Å². The smallest absolute Gasteiger partial charge is 0.416 e. The Morgan fingerprint density at radius 3 is 2.38 bits per heavy atom. The molecule has 0 atom stereocenters. The Labute approximate surface area is 121 Å². The largest absolute Gasteiger partial charge is 0.484 e. The average Bonchev–Trinajstić information content (AvgIpc) is 2.39. The van der Waals surface area contributed by atoms with Crippen LogP contribution in [0.25, 0.3) is 0 Å². The van der Waals surface area contributed by atoms with Crippen molar-refractivity contribution in [2.45, 2.75) is 25.4 Å². The molecule has 0 saturated heterocycles. The molecule has 1 aromatic carbocycles. The molecule has 0 aliphatic heterocycles. The maximum Gasteiger partial charge on any atom is 0.416 e. The number of likely N-dealkylation sites (N-methyl/N-ethyl adjacent to an activating group) is 1. The summed E-state index contributed by atoms with van der Waals surface area (Å²) in [4.78, 5) is 13.5. The molecule has 0 unspecified atom stereocenters. The summed E-state index contributed by atoms with van der Waals surface area (Å²) in [5, 5.41) is 0. The van der Waals surface area contributed by atoms with E-state index in [9.17, 15) is 18.0 Å². The van der Waals surface area contributed by atoms with E-state index in [1.807, 2.05) is 0 Å². The van der Waals surface area contributed by atoms with Gasteiger partial charge in [0.2, 0.25) is 0 Å². The predicted octanol–water partition coefficient (Wildman–Crippen LogP) is 3.34. The Morgan fingerprint density at radius 2 is 1.90 bits per heavy atom. The normalized spacial score (nSPS) is 15.4. The highest BCUT2D eigenvalue weighted by atomic mass is 19.4. The van der Waals surface area contributed by atoms with E-state index in [1.54, 1.807) is 11.9 Å². The van der Waals surface area contributed by atoms with Crippen molar-refractivity contribution in [3.05, 3.63) is 29.8 Å². The molecule has 0 spiro atoms. The molecule has 1 aliphatic carbocycles. The van der Waals surface area contributed by atoms with Crippen LogP contribution in [-0.4, -0.2) is 31.0 Å². The van der Waals surface area contributed by atoms with Gasteiger partial charge in [-0.25, -0.2) is 0 Å². The monoisotopic (exact) mass is 301 g/mol. The number of rotatable bonds is 5. The van der Waals surface area contributed by atoms with Gasteiger partial charge in [0.1, 0.15) is 5.75 Å². The quantitative estimate of drug-likeness (QED) is 0.835. The first kappa shape index (κ1) is 15.7. The fourth-order valence-corrected chi connectivity index (χ4v) is 2.16. The number of ether oxygens (including phenoxy) is 1. The van der Waals surface area contributed by atoms with E-state index in [-0.39, 0.29) is 18.3 Å². The van der Waals surface area contributed by atoms with E-state index < -0.39 is 11.7 Å². The first-order valence-electron chi connectivity index (χ1n) is 6.90. The van der Waals surface area contributed by atoms with Gasteiger partial charge in [-0.05, 0) is 43.0 Å². The standard InChI is InChI=1S/C15H18F3NO2/c1-19(9-11-3-2-4-11)14(20)10-21-13-7-5-12(6-8-13)15(16,17)18/h5-8,11H,2-4,9-10H2,1H3. The predicted molar refractivity (Wildman–Crippen MR) is 71.9 cm³/mol. The van der Waals surface area contributed by atoms with Crippen molar-refractivity contribution in [3.8, 4) is 5.75 Å². The lowest BCUT2D eigenvalue weighted by atomic mass is 9.85. The molecule has 21 heavy (non-hydrogen) atoms. The lowest BCUT2D eigenvalue weighted by Crippen LogP contribution is -2.37. The zero-order valence-electron chi connectivity index (χ0n) is 11.8. The second-order valence-electron chi connectivity index (χ2n) is 5.38. The number of halogens is 3. The van der Waals surface area contributed by atoms with Gasteiger partial charge in [-0.15, -0.1) is 0 Å². The topological polar surface area (TPSA) is 29.5 Å². The first-order valence-corrected chi connectivity index (χ1v) is 6.90. The van der Waals surface area contributed by atoms with Gasteiger partial charge in [0.05, 0.1) is 5.56 Å². The molecular weight excluding hydrogens is 283 g/mol. The minimum Gasteiger partial charge on any atom is -0.484 e. The summed E-state index contributed by atoms with van der Waals surface area (Å²) in [6.07, 6.45) is -0.846. The highest BCUT2D eigenvalue weighted by Crippen LogP contribution is 2.30. The number of carbonyl (C=O) groups is 1. The molecule has 1 amide bonds. The van der Waals surface area contributed by atoms with E-state index in [2.05, 4.69) is 0 Å². The third-order valence-corrected chi connectivity index (χ3v) is 3.73. The Hall–Kier alpha value is -1.72. The second-order valence-corrected chi connectivity index (χ2v) is 5.38. The summed E-state index contributed by atoms with van der Waals surface area (Å²) in [7, 11) is 1.72. The van der Waals surface area contributed by atoms with Gasteiger partial charge >= 0.3 is 6.18 Å². The maximum atomic E-state index is 12.4. The van der Waals surface area contributed by atoms with Crippen molar-refractivity contribution in [2.24, 2.45) is 5.92 Å². The number of hydrogen-bond donors (Lipinski definition) is 0. The molecule has 0 heterocycles. The molecule has 1 saturated carbocycles. The molecule has 3 nitrogen and oxygen atoms in total. The van der Waals surface area contributed by atoms with Gasteiger partial charge in [-0.2, -0.15) is 13.2 Å². The molecule has 6 heteroatoms. The number of alkyl halides is 3. The lowest BCUT2D eigenvalue weighted by Gasteiger charge is -2.30. The second kappa shape index (κ2) is 6.37. The maximum absolute atomic E-state index is 12.4. The van der Waals surface area contributed by atoms with Crippen LogP contribution in [0.2, 0.25) is 0 Å². The third-order valence-electron chi connectivity index (χ3n) is 3.73. The van der Waals surface area contributed by atoms with Crippen molar-refractivity contribution < 1.29 is 22.7 Å². The fraction of sp³-hybridized carbons (Fsp3) is 0.533. The number of nitrogens with zero attached hydrogens (tertiary/aromatic N) is 1. The van der Waals surface area contributed by atoms with E-state index in [0.717, 1.165) is 31.5 Å². The minimum atomic E-state index is -4.36. The van der Waals surface area contributed by atoms with Crippen LogP contribution in [0, 0.1) is 5.92 Å². The number of benzene rings is 1. The van der Waals surface area contributed by atoms with Crippen molar-refractivity contribution >= 4 is 5.91 Å². The molecule has 0 aromatic heterocycles. The van der Waals surface area contributed by atoms with Crippen LogP contribution in [0.5, 0.6) is 5.75 Å². The van der Waals surface area contributed by atoms with Crippen LogP contribution in [0.1, 0.15) is 24.8 Å². The van der Waals surface area contributed by atoms with Crippen molar-refractivity contribution in [2.75, 3.05) is 20.2 Å². The number of hydrogen-bond acceptors (Lipinski definition) is 2. The van der Waals surface area contributed by atoms with Gasteiger partial charge in [0, 0.05) is 13.6 Å². The van der Waals surface area contributed by atoms with Crippen LogP contribution in [-0.2, 0) is 11.0 Å². The summed E-state index contributed by atoms with van der Waals surface area (Å²) < 4.78 is 42.4. The fourth-order valence-electron chi connectivity index (χ4n) is 2.16. The zero-order valence-corrected chi connectivity index (χ0v) is 11.8. The van der Waals surface area contributed by atoms with Crippen LogP contribution in [0.3, 0.4) is 0 Å². The van der Waals surface area contributed by atoms with Crippen LogP contribution >= 0.6 is 0 Å². The first-order chi connectivity index (χ1) is 9.86. The lowest BCUT2D eigenvalue weighted by molar-refractivity contribution is -0.137. The average molecular weight is 301 g/mol. The molecule has 0 bridgehead atoms. The van der Waals surface area contributed by atoms with Gasteiger partial charge in [-0.1, -0.05) is 6.42 Å². The molecule has 2 rings (SSSR count). The van der Waals surface area contributed by atoms with Crippen molar-refractivity contribution in [1.29, 1.82) is 0 Å².